The van der Waals surface area contributed by atoms with Gasteiger partial charge in [-0.25, -0.2) is 0 Å². The Morgan fingerprint density at radius 2 is 1.89 bits per heavy atom. The number of carbonyl (C=O) groups excluding carboxylic acids is 1. The van der Waals surface area contributed by atoms with Gasteiger partial charge in [0.2, 0.25) is 0 Å². The fourth-order valence-electron chi connectivity index (χ4n) is 1.76. The van der Waals surface area contributed by atoms with E-state index in [0.29, 0.717) is 18.6 Å². The minimum absolute atomic E-state index is 0.0407. The lowest BCUT2D eigenvalue weighted by atomic mass is 10.1. The van der Waals surface area contributed by atoms with Crippen LogP contribution in [0.2, 0.25) is 0 Å². The van der Waals surface area contributed by atoms with Gasteiger partial charge in [0, 0.05) is 6.42 Å². The number of rotatable bonds is 5. The molecule has 2 rings (SSSR count). The molecule has 1 aromatic heterocycles. The Hall–Kier alpha value is -2.03. The van der Waals surface area contributed by atoms with E-state index < -0.39 is 0 Å². The Bertz CT molecular complexity index is 523. The SMILES string of the molecule is COc1ccc(CCC(=O)c2ccc(C)o2)cc1. The summed E-state index contributed by atoms with van der Waals surface area (Å²) in [7, 11) is 1.64. The number of Topliss-reactive ketones (excluding diaryl/α,β-unsaturated/α-hetero) is 1. The van der Waals surface area contributed by atoms with Crippen LogP contribution < -0.4 is 4.74 Å². The van der Waals surface area contributed by atoms with E-state index in [0.717, 1.165) is 17.1 Å². The lowest BCUT2D eigenvalue weighted by Crippen LogP contribution is -1.99. The Morgan fingerprint density at radius 3 is 2.44 bits per heavy atom. The van der Waals surface area contributed by atoms with Gasteiger partial charge in [0.15, 0.2) is 11.5 Å². The smallest absolute Gasteiger partial charge is 0.198 e. The summed E-state index contributed by atoms with van der Waals surface area (Å²) in [5.74, 6) is 2.08. The fraction of sp³-hybridized carbons (Fsp3) is 0.267. The van der Waals surface area contributed by atoms with Crippen LogP contribution in [-0.2, 0) is 6.42 Å². The van der Waals surface area contributed by atoms with E-state index in [1.165, 1.54) is 0 Å². The number of hydrogen-bond acceptors (Lipinski definition) is 3. The molecule has 0 saturated heterocycles. The summed E-state index contributed by atoms with van der Waals surface area (Å²) in [6, 6.07) is 11.3. The van der Waals surface area contributed by atoms with Gasteiger partial charge in [0.1, 0.15) is 11.5 Å². The molecular formula is C15H16O3. The van der Waals surface area contributed by atoms with Crippen molar-refractivity contribution in [1.82, 2.24) is 0 Å². The highest BCUT2D eigenvalue weighted by Gasteiger charge is 2.09. The molecule has 1 heterocycles. The third-order valence-corrected chi connectivity index (χ3v) is 2.81. The molecule has 0 atom stereocenters. The standard InChI is InChI=1S/C15H16O3/c1-11-3-10-15(18-11)14(16)9-6-12-4-7-13(17-2)8-5-12/h3-5,7-8,10H,6,9H2,1-2H3. The highest BCUT2D eigenvalue weighted by molar-refractivity contribution is 5.93. The van der Waals surface area contributed by atoms with E-state index in [-0.39, 0.29) is 5.78 Å². The first-order valence-electron chi connectivity index (χ1n) is 5.91. The number of benzene rings is 1. The molecule has 0 fully saturated rings. The van der Waals surface area contributed by atoms with Gasteiger partial charge in [-0.2, -0.15) is 0 Å². The monoisotopic (exact) mass is 244 g/mol. The largest absolute Gasteiger partial charge is 0.497 e. The van der Waals surface area contributed by atoms with Gasteiger partial charge in [-0.15, -0.1) is 0 Å². The van der Waals surface area contributed by atoms with Gasteiger partial charge in [0.25, 0.3) is 0 Å². The Morgan fingerprint density at radius 1 is 1.17 bits per heavy atom. The predicted octanol–water partition coefficient (Wildman–Crippen LogP) is 3.41. The molecule has 1 aromatic carbocycles. The van der Waals surface area contributed by atoms with Crippen LogP contribution in [0.5, 0.6) is 5.75 Å². The van der Waals surface area contributed by atoms with E-state index in [2.05, 4.69) is 0 Å². The van der Waals surface area contributed by atoms with Crippen molar-refractivity contribution < 1.29 is 13.9 Å². The molecule has 0 bridgehead atoms. The molecule has 0 N–H and O–H groups in total. The second-order valence-corrected chi connectivity index (χ2v) is 4.18. The molecule has 18 heavy (non-hydrogen) atoms. The maximum atomic E-state index is 11.8. The highest BCUT2D eigenvalue weighted by atomic mass is 16.5. The number of ether oxygens (including phenoxy) is 1. The zero-order chi connectivity index (χ0) is 13.0. The number of ketones is 1. The third kappa shape index (κ3) is 3.00. The van der Waals surface area contributed by atoms with Crippen molar-refractivity contribution in [3.05, 3.63) is 53.5 Å². The molecule has 0 amide bonds. The summed E-state index contributed by atoms with van der Waals surface area (Å²) in [5, 5.41) is 0. The molecule has 0 spiro atoms. The summed E-state index contributed by atoms with van der Waals surface area (Å²) in [6.07, 6.45) is 1.17. The van der Waals surface area contributed by atoms with Gasteiger partial charge >= 0.3 is 0 Å². The number of hydrogen-bond donors (Lipinski definition) is 0. The van der Waals surface area contributed by atoms with Crippen LogP contribution in [0, 0.1) is 6.92 Å². The van der Waals surface area contributed by atoms with Crippen molar-refractivity contribution in [1.29, 1.82) is 0 Å². The molecule has 3 nitrogen and oxygen atoms in total. The van der Waals surface area contributed by atoms with E-state index >= 15 is 0 Å². The lowest BCUT2D eigenvalue weighted by molar-refractivity contribution is 0.0955. The molecule has 94 valence electrons. The topological polar surface area (TPSA) is 39.4 Å². The summed E-state index contributed by atoms with van der Waals surface area (Å²) in [5.41, 5.74) is 1.12. The molecule has 3 heteroatoms. The lowest BCUT2D eigenvalue weighted by Gasteiger charge is -2.02. The third-order valence-electron chi connectivity index (χ3n) is 2.81. The van der Waals surface area contributed by atoms with Crippen molar-refractivity contribution >= 4 is 5.78 Å². The molecule has 0 aliphatic rings. The molecule has 0 saturated carbocycles. The van der Waals surface area contributed by atoms with Crippen LogP contribution in [0.1, 0.15) is 28.3 Å². The van der Waals surface area contributed by atoms with Gasteiger partial charge < -0.3 is 9.15 Å². The summed E-state index contributed by atoms with van der Waals surface area (Å²) >= 11 is 0. The van der Waals surface area contributed by atoms with Gasteiger partial charge in [-0.3, -0.25) is 4.79 Å². The minimum atomic E-state index is 0.0407. The van der Waals surface area contributed by atoms with Gasteiger partial charge in [0.05, 0.1) is 7.11 Å². The number of furan rings is 1. The molecule has 0 unspecified atom stereocenters. The van der Waals surface area contributed by atoms with Gasteiger partial charge in [-0.05, 0) is 43.2 Å². The number of aryl methyl sites for hydroxylation is 2. The second-order valence-electron chi connectivity index (χ2n) is 4.18. The van der Waals surface area contributed by atoms with Crippen LogP contribution in [0.15, 0.2) is 40.8 Å². The van der Waals surface area contributed by atoms with Crippen molar-refractivity contribution in [3.63, 3.8) is 0 Å². The zero-order valence-corrected chi connectivity index (χ0v) is 10.6. The van der Waals surface area contributed by atoms with Crippen molar-refractivity contribution in [2.75, 3.05) is 7.11 Å². The normalized spacial score (nSPS) is 10.3. The van der Waals surface area contributed by atoms with Crippen LogP contribution in [-0.4, -0.2) is 12.9 Å². The molecule has 0 radical (unpaired) electrons. The van der Waals surface area contributed by atoms with Crippen molar-refractivity contribution in [3.8, 4) is 5.75 Å². The van der Waals surface area contributed by atoms with E-state index in [1.54, 1.807) is 19.2 Å². The molecule has 2 aromatic rings. The Kier molecular flexibility index (Phi) is 3.82. The minimum Gasteiger partial charge on any atom is -0.497 e. The average molecular weight is 244 g/mol. The van der Waals surface area contributed by atoms with Crippen LogP contribution in [0.25, 0.3) is 0 Å². The zero-order valence-electron chi connectivity index (χ0n) is 10.6. The fourth-order valence-corrected chi connectivity index (χ4v) is 1.76. The first-order chi connectivity index (χ1) is 8.69. The summed E-state index contributed by atoms with van der Waals surface area (Å²) in [4.78, 5) is 11.8. The van der Waals surface area contributed by atoms with Gasteiger partial charge in [-0.1, -0.05) is 12.1 Å². The number of carbonyl (C=O) groups is 1. The van der Waals surface area contributed by atoms with E-state index in [1.807, 2.05) is 31.2 Å². The first kappa shape index (κ1) is 12.4. The van der Waals surface area contributed by atoms with Crippen LogP contribution in [0.3, 0.4) is 0 Å². The van der Waals surface area contributed by atoms with Crippen molar-refractivity contribution in [2.45, 2.75) is 19.8 Å². The first-order valence-corrected chi connectivity index (χ1v) is 5.91. The summed E-state index contributed by atoms with van der Waals surface area (Å²) in [6.45, 7) is 1.83. The van der Waals surface area contributed by atoms with Crippen molar-refractivity contribution in [2.24, 2.45) is 0 Å². The second kappa shape index (κ2) is 5.54. The predicted molar refractivity (Wildman–Crippen MR) is 69.1 cm³/mol. The maximum absolute atomic E-state index is 11.8. The highest BCUT2D eigenvalue weighted by Crippen LogP contribution is 2.15. The Balaban J connectivity index is 1.92. The molecule has 0 aliphatic heterocycles. The molecule has 0 aliphatic carbocycles. The van der Waals surface area contributed by atoms with Crippen LogP contribution in [0.4, 0.5) is 0 Å². The maximum Gasteiger partial charge on any atom is 0.198 e. The average Bonchev–Trinajstić information content (AvgIpc) is 2.83. The number of methoxy groups -OCH3 is 1. The quantitative estimate of drug-likeness (QED) is 0.756. The van der Waals surface area contributed by atoms with E-state index in [9.17, 15) is 4.79 Å². The van der Waals surface area contributed by atoms with E-state index in [4.69, 9.17) is 9.15 Å². The molecular weight excluding hydrogens is 228 g/mol. The Labute approximate surface area is 106 Å². The summed E-state index contributed by atoms with van der Waals surface area (Å²) < 4.78 is 10.4. The van der Waals surface area contributed by atoms with Crippen LogP contribution >= 0.6 is 0 Å².